The van der Waals surface area contributed by atoms with E-state index in [1.807, 2.05) is 12.1 Å². The molecule has 0 N–H and O–H groups in total. The zero-order chi connectivity index (χ0) is 19.5. The van der Waals surface area contributed by atoms with Crippen molar-refractivity contribution in [2.75, 3.05) is 13.2 Å². The number of carbonyl (C=O) groups is 1. The van der Waals surface area contributed by atoms with E-state index in [1.54, 1.807) is 6.92 Å². The molecule has 26 heavy (non-hydrogen) atoms. The van der Waals surface area contributed by atoms with Gasteiger partial charge in [-0.3, -0.25) is 0 Å². The molecular formula is C21H30Br2O3. The number of benzene rings is 1. The summed E-state index contributed by atoms with van der Waals surface area (Å²) in [4.78, 5) is 12.4. The summed E-state index contributed by atoms with van der Waals surface area (Å²) in [5.74, 6) is 0.886. The van der Waals surface area contributed by atoms with Crippen molar-refractivity contribution in [3.8, 4) is 5.75 Å². The number of rotatable bonds is 12. The molecule has 0 aliphatic carbocycles. The highest BCUT2D eigenvalue weighted by molar-refractivity contribution is 9.09. The summed E-state index contributed by atoms with van der Waals surface area (Å²) in [6.45, 7) is 10.1. The van der Waals surface area contributed by atoms with Gasteiger partial charge in [-0.2, -0.15) is 0 Å². The van der Waals surface area contributed by atoms with Crippen molar-refractivity contribution >= 4 is 37.8 Å². The van der Waals surface area contributed by atoms with Crippen LogP contribution >= 0.6 is 31.9 Å². The van der Waals surface area contributed by atoms with E-state index in [0.29, 0.717) is 27.8 Å². The van der Waals surface area contributed by atoms with Gasteiger partial charge in [0.2, 0.25) is 0 Å². The van der Waals surface area contributed by atoms with Crippen LogP contribution in [0, 0.1) is 0 Å². The highest BCUT2D eigenvalue weighted by Gasteiger charge is 2.21. The quantitative estimate of drug-likeness (QED) is 0.147. The van der Waals surface area contributed by atoms with Gasteiger partial charge in [-0.15, -0.1) is 0 Å². The first-order valence-corrected chi connectivity index (χ1v) is 11.0. The summed E-state index contributed by atoms with van der Waals surface area (Å²) in [5, 5.41) is 0. The Hall–Kier alpha value is -0.810. The molecule has 146 valence electrons. The van der Waals surface area contributed by atoms with E-state index in [-0.39, 0.29) is 12.6 Å². The average molecular weight is 490 g/mol. The monoisotopic (exact) mass is 488 g/mol. The van der Waals surface area contributed by atoms with E-state index in [1.165, 1.54) is 12.0 Å². The SMILES string of the molecule is C=C(C)C(=O)OCCOc1ccccc1C(CC(C)Br)CC(Br)CCC. The van der Waals surface area contributed by atoms with Crippen molar-refractivity contribution in [3.63, 3.8) is 0 Å². The molecule has 0 aliphatic rings. The normalized spacial score (nSPS) is 14.3. The first-order valence-electron chi connectivity index (χ1n) is 9.17. The van der Waals surface area contributed by atoms with Crippen LogP contribution in [0.25, 0.3) is 0 Å². The van der Waals surface area contributed by atoms with Crippen LogP contribution in [0.1, 0.15) is 57.9 Å². The standard InChI is InChI=1S/C21H30Br2O3/c1-5-8-18(23)14-17(13-16(4)22)19-9-6-7-10-20(19)25-11-12-26-21(24)15(2)3/h6-7,9-10,16-18H,2,5,8,11-14H2,1,3-4H3. The molecule has 0 fully saturated rings. The van der Waals surface area contributed by atoms with Crippen LogP contribution in [-0.4, -0.2) is 28.8 Å². The predicted octanol–water partition coefficient (Wildman–Crippen LogP) is 6.40. The Labute approximate surface area is 174 Å². The maximum Gasteiger partial charge on any atom is 0.333 e. The van der Waals surface area contributed by atoms with Crippen molar-refractivity contribution in [1.29, 1.82) is 0 Å². The number of esters is 1. The predicted molar refractivity (Wildman–Crippen MR) is 116 cm³/mol. The van der Waals surface area contributed by atoms with Crippen LogP contribution in [-0.2, 0) is 9.53 Å². The zero-order valence-electron chi connectivity index (χ0n) is 16.0. The summed E-state index contributed by atoms with van der Waals surface area (Å²) in [5.41, 5.74) is 1.61. The number of ether oxygens (including phenoxy) is 2. The summed E-state index contributed by atoms with van der Waals surface area (Å²) in [6.07, 6.45) is 4.43. The van der Waals surface area contributed by atoms with Gasteiger partial charge in [0.25, 0.3) is 0 Å². The summed E-state index contributed by atoms with van der Waals surface area (Å²) in [7, 11) is 0. The fraction of sp³-hybridized carbons (Fsp3) is 0.571. The van der Waals surface area contributed by atoms with Crippen molar-refractivity contribution in [1.82, 2.24) is 0 Å². The Kier molecular flexibility index (Phi) is 11.2. The van der Waals surface area contributed by atoms with Crippen LogP contribution in [0.3, 0.4) is 0 Å². The third-order valence-electron chi connectivity index (χ3n) is 4.03. The van der Waals surface area contributed by atoms with E-state index >= 15 is 0 Å². The molecule has 1 rings (SSSR count). The van der Waals surface area contributed by atoms with Crippen LogP contribution in [0.5, 0.6) is 5.75 Å². The number of halogens is 2. The number of alkyl halides is 2. The molecule has 1 aromatic carbocycles. The van der Waals surface area contributed by atoms with Gasteiger partial charge in [-0.25, -0.2) is 4.79 Å². The average Bonchev–Trinajstić information content (AvgIpc) is 2.58. The third kappa shape index (κ3) is 8.72. The van der Waals surface area contributed by atoms with E-state index in [4.69, 9.17) is 9.47 Å². The van der Waals surface area contributed by atoms with E-state index < -0.39 is 0 Å². The Balaban J connectivity index is 2.78. The van der Waals surface area contributed by atoms with Gasteiger partial charge >= 0.3 is 5.97 Å². The van der Waals surface area contributed by atoms with Crippen molar-refractivity contribution in [2.45, 2.75) is 62.0 Å². The molecule has 0 heterocycles. The molecular weight excluding hydrogens is 460 g/mol. The zero-order valence-corrected chi connectivity index (χ0v) is 19.1. The third-order valence-corrected chi connectivity index (χ3v) is 5.24. The van der Waals surface area contributed by atoms with Gasteiger partial charge < -0.3 is 9.47 Å². The topological polar surface area (TPSA) is 35.5 Å². The molecule has 0 aromatic heterocycles. The molecule has 1 aromatic rings. The minimum absolute atomic E-state index is 0.219. The molecule has 0 aliphatic heterocycles. The van der Waals surface area contributed by atoms with Gasteiger partial charge in [0.1, 0.15) is 19.0 Å². The molecule has 0 saturated heterocycles. The highest BCUT2D eigenvalue weighted by atomic mass is 79.9. The number of hydrogen-bond donors (Lipinski definition) is 0. The largest absolute Gasteiger partial charge is 0.490 e. The Morgan fingerprint density at radius 3 is 2.50 bits per heavy atom. The Morgan fingerprint density at radius 2 is 1.88 bits per heavy atom. The lowest BCUT2D eigenvalue weighted by Crippen LogP contribution is -2.15. The maximum absolute atomic E-state index is 11.4. The molecule has 3 atom stereocenters. The molecule has 5 heteroatoms. The second kappa shape index (κ2) is 12.6. The number of hydrogen-bond acceptors (Lipinski definition) is 3. The molecule has 3 nitrogen and oxygen atoms in total. The minimum atomic E-state index is -0.380. The Morgan fingerprint density at radius 1 is 1.19 bits per heavy atom. The summed E-state index contributed by atoms with van der Waals surface area (Å²) >= 11 is 7.52. The van der Waals surface area contributed by atoms with Crippen LogP contribution in [0.15, 0.2) is 36.4 Å². The lowest BCUT2D eigenvalue weighted by atomic mass is 9.88. The van der Waals surface area contributed by atoms with Crippen molar-refractivity contribution in [2.24, 2.45) is 0 Å². The fourth-order valence-corrected chi connectivity index (χ4v) is 4.20. The lowest BCUT2D eigenvalue weighted by molar-refractivity contribution is -0.139. The summed E-state index contributed by atoms with van der Waals surface area (Å²) < 4.78 is 11.0. The summed E-state index contributed by atoms with van der Waals surface area (Å²) in [6, 6.07) is 8.16. The van der Waals surface area contributed by atoms with E-state index in [0.717, 1.165) is 25.0 Å². The van der Waals surface area contributed by atoms with Crippen molar-refractivity contribution in [3.05, 3.63) is 42.0 Å². The lowest BCUT2D eigenvalue weighted by Gasteiger charge is -2.24. The first kappa shape index (κ1) is 23.2. The molecule has 0 spiro atoms. The van der Waals surface area contributed by atoms with Gasteiger partial charge in [0, 0.05) is 15.2 Å². The van der Waals surface area contributed by atoms with Gasteiger partial charge in [0.05, 0.1) is 0 Å². The second-order valence-electron chi connectivity index (χ2n) is 6.64. The number of carbonyl (C=O) groups excluding carboxylic acids is 1. The maximum atomic E-state index is 11.4. The smallest absolute Gasteiger partial charge is 0.333 e. The van der Waals surface area contributed by atoms with Crippen LogP contribution in [0.4, 0.5) is 0 Å². The minimum Gasteiger partial charge on any atom is -0.490 e. The van der Waals surface area contributed by atoms with Crippen LogP contribution in [0.2, 0.25) is 0 Å². The fourth-order valence-electron chi connectivity index (χ4n) is 2.84. The highest BCUT2D eigenvalue weighted by Crippen LogP contribution is 2.36. The van der Waals surface area contributed by atoms with Crippen molar-refractivity contribution < 1.29 is 14.3 Å². The molecule has 0 radical (unpaired) electrons. The van der Waals surface area contributed by atoms with Gasteiger partial charge in [0.15, 0.2) is 0 Å². The molecule has 0 amide bonds. The first-order chi connectivity index (χ1) is 12.3. The van der Waals surface area contributed by atoms with E-state index in [9.17, 15) is 4.79 Å². The van der Waals surface area contributed by atoms with Gasteiger partial charge in [-0.1, -0.05) is 76.9 Å². The van der Waals surface area contributed by atoms with Crippen LogP contribution < -0.4 is 4.74 Å². The molecule has 0 saturated carbocycles. The van der Waals surface area contributed by atoms with Gasteiger partial charge in [-0.05, 0) is 43.7 Å². The van der Waals surface area contributed by atoms with E-state index in [2.05, 4.69) is 64.4 Å². The Bertz CT molecular complexity index is 572. The number of para-hydroxylation sites is 1. The molecule has 0 bridgehead atoms. The molecule has 3 unspecified atom stereocenters. The second-order valence-corrected chi connectivity index (χ2v) is 9.50.